The first-order valence-corrected chi connectivity index (χ1v) is 7.42. The lowest BCUT2D eigenvalue weighted by molar-refractivity contribution is -0.115. The molecular weight excluding hydrogens is 286 g/mol. The van der Waals surface area contributed by atoms with E-state index in [1.54, 1.807) is 18.6 Å². The lowest BCUT2D eigenvalue weighted by Gasteiger charge is -2.07. The summed E-state index contributed by atoms with van der Waals surface area (Å²) < 4.78 is 0. The maximum atomic E-state index is 12.0. The Kier molecular flexibility index (Phi) is 4.43. The number of anilines is 1. The molecule has 4 nitrogen and oxygen atoms in total. The number of hydrogen-bond acceptors (Lipinski definition) is 3. The van der Waals surface area contributed by atoms with E-state index in [4.69, 9.17) is 0 Å². The zero-order chi connectivity index (χ0) is 16.1. The molecule has 2 heterocycles. The Morgan fingerprint density at radius 1 is 1.04 bits per heavy atom. The highest BCUT2D eigenvalue weighted by molar-refractivity contribution is 5.92. The van der Waals surface area contributed by atoms with Crippen molar-refractivity contribution in [3.05, 3.63) is 78.4 Å². The average molecular weight is 303 g/mol. The average Bonchev–Trinajstić information content (AvgIpc) is 2.56. The van der Waals surface area contributed by atoms with Crippen LogP contribution in [0.5, 0.6) is 0 Å². The van der Waals surface area contributed by atoms with Crippen molar-refractivity contribution in [3.8, 4) is 11.1 Å². The quantitative estimate of drug-likeness (QED) is 0.800. The second-order valence-corrected chi connectivity index (χ2v) is 5.35. The predicted molar refractivity (Wildman–Crippen MR) is 91.0 cm³/mol. The molecule has 0 spiro atoms. The summed E-state index contributed by atoms with van der Waals surface area (Å²) in [5, 5.41) is 2.90. The summed E-state index contributed by atoms with van der Waals surface area (Å²) in [6.45, 7) is 1.97. The molecule has 1 amide bonds. The summed E-state index contributed by atoms with van der Waals surface area (Å²) in [6, 6.07) is 15.5. The van der Waals surface area contributed by atoms with Gasteiger partial charge < -0.3 is 5.32 Å². The number of pyridine rings is 2. The Balaban J connectivity index is 1.67. The molecule has 4 heteroatoms. The van der Waals surface area contributed by atoms with Gasteiger partial charge >= 0.3 is 0 Å². The number of benzene rings is 1. The molecule has 23 heavy (non-hydrogen) atoms. The molecule has 3 rings (SSSR count). The largest absolute Gasteiger partial charge is 0.326 e. The molecule has 1 aromatic carbocycles. The lowest BCUT2D eigenvalue weighted by Crippen LogP contribution is -2.14. The smallest absolute Gasteiger partial charge is 0.228 e. The fourth-order valence-electron chi connectivity index (χ4n) is 2.36. The van der Waals surface area contributed by atoms with Gasteiger partial charge in [0.25, 0.3) is 0 Å². The molecule has 0 saturated carbocycles. The third kappa shape index (κ3) is 4.01. The number of amides is 1. The van der Waals surface area contributed by atoms with Crippen molar-refractivity contribution in [1.29, 1.82) is 0 Å². The zero-order valence-corrected chi connectivity index (χ0v) is 12.9. The minimum absolute atomic E-state index is 0.0505. The summed E-state index contributed by atoms with van der Waals surface area (Å²) >= 11 is 0. The minimum Gasteiger partial charge on any atom is -0.326 e. The van der Waals surface area contributed by atoms with Crippen LogP contribution in [0.2, 0.25) is 0 Å². The van der Waals surface area contributed by atoms with Crippen LogP contribution in [0.1, 0.15) is 11.3 Å². The molecule has 0 radical (unpaired) electrons. The SMILES string of the molecule is Cc1cc(-c2ccc(NC(=O)Cc3cccnc3)cc2)ccn1. The van der Waals surface area contributed by atoms with Crippen molar-refractivity contribution in [2.75, 3.05) is 5.32 Å². The topological polar surface area (TPSA) is 54.9 Å². The Morgan fingerprint density at radius 2 is 1.87 bits per heavy atom. The van der Waals surface area contributed by atoms with Crippen molar-refractivity contribution in [2.45, 2.75) is 13.3 Å². The zero-order valence-electron chi connectivity index (χ0n) is 12.9. The van der Waals surface area contributed by atoms with E-state index in [-0.39, 0.29) is 5.91 Å². The number of aryl methyl sites for hydroxylation is 1. The van der Waals surface area contributed by atoms with E-state index in [0.29, 0.717) is 6.42 Å². The van der Waals surface area contributed by atoms with Gasteiger partial charge in [-0.2, -0.15) is 0 Å². The van der Waals surface area contributed by atoms with Crippen molar-refractivity contribution in [3.63, 3.8) is 0 Å². The minimum atomic E-state index is -0.0505. The highest BCUT2D eigenvalue weighted by atomic mass is 16.1. The van der Waals surface area contributed by atoms with E-state index in [1.807, 2.05) is 55.5 Å². The highest BCUT2D eigenvalue weighted by Gasteiger charge is 2.05. The van der Waals surface area contributed by atoms with Gasteiger partial charge in [0.05, 0.1) is 6.42 Å². The van der Waals surface area contributed by atoms with Gasteiger partial charge in [-0.3, -0.25) is 14.8 Å². The third-order valence-corrected chi connectivity index (χ3v) is 3.49. The van der Waals surface area contributed by atoms with Crippen molar-refractivity contribution < 1.29 is 4.79 Å². The Labute approximate surface area is 135 Å². The van der Waals surface area contributed by atoms with E-state index in [9.17, 15) is 4.79 Å². The lowest BCUT2D eigenvalue weighted by atomic mass is 10.1. The van der Waals surface area contributed by atoms with Crippen LogP contribution < -0.4 is 5.32 Å². The number of nitrogens with one attached hydrogen (secondary N) is 1. The number of aromatic nitrogens is 2. The summed E-state index contributed by atoms with van der Waals surface area (Å²) in [5.74, 6) is -0.0505. The fraction of sp³-hybridized carbons (Fsp3) is 0.105. The van der Waals surface area contributed by atoms with E-state index >= 15 is 0 Å². The number of hydrogen-bond donors (Lipinski definition) is 1. The first-order chi connectivity index (χ1) is 11.2. The predicted octanol–water partition coefficient (Wildman–Crippen LogP) is 3.63. The molecule has 1 N–H and O–H groups in total. The number of carbonyl (C=O) groups excluding carboxylic acids is 1. The number of nitrogens with zero attached hydrogens (tertiary/aromatic N) is 2. The maximum Gasteiger partial charge on any atom is 0.228 e. The van der Waals surface area contributed by atoms with Gasteiger partial charge in [0.2, 0.25) is 5.91 Å². The molecule has 2 aromatic heterocycles. The van der Waals surface area contributed by atoms with Gasteiger partial charge in [0, 0.05) is 30.0 Å². The van der Waals surface area contributed by atoms with Crippen molar-refractivity contribution >= 4 is 11.6 Å². The molecule has 0 bridgehead atoms. The molecule has 0 saturated heterocycles. The first-order valence-electron chi connectivity index (χ1n) is 7.42. The maximum absolute atomic E-state index is 12.0. The van der Waals surface area contributed by atoms with Crippen LogP contribution in [0.3, 0.4) is 0 Å². The molecule has 0 atom stereocenters. The summed E-state index contributed by atoms with van der Waals surface area (Å²) in [6.07, 6.45) is 5.52. The Morgan fingerprint density at radius 3 is 2.57 bits per heavy atom. The molecular formula is C19H17N3O. The van der Waals surface area contributed by atoms with Gasteiger partial charge in [-0.05, 0) is 53.9 Å². The Bertz CT molecular complexity index is 798. The molecule has 0 unspecified atom stereocenters. The number of rotatable bonds is 4. The van der Waals surface area contributed by atoms with Gasteiger partial charge in [-0.1, -0.05) is 18.2 Å². The van der Waals surface area contributed by atoms with E-state index in [1.165, 1.54) is 0 Å². The van der Waals surface area contributed by atoms with Crippen LogP contribution in [0, 0.1) is 6.92 Å². The van der Waals surface area contributed by atoms with Gasteiger partial charge in [0.15, 0.2) is 0 Å². The molecule has 3 aromatic rings. The summed E-state index contributed by atoms with van der Waals surface area (Å²) in [7, 11) is 0. The highest BCUT2D eigenvalue weighted by Crippen LogP contribution is 2.21. The second kappa shape index (κ2) is 6.83. The van der Waals surface area contributed by atoms with Gasteiger partial charge in [-0.25, -0.2) is 0 Å². The van der Waals surface area contributed by atoms with Crippen LogP contribution in [0.15, 0.2) is 67.1 Å². The standard InChI is InChI=1S/C19H17N3O/c1-14-11-17(8-10-21-14)16-4-6-18(7-5-16)22-19(23)12-15-3-2-9-20-13-15/h2-11,13H,12H2,1H3,(H,22,23). The van der Waals surface area contributed by atoms with Crippen LogP contribution in [-0.4, -0.2) is 15.9 Å². The fourth-order valence-corrected chi connectivity index (χ4v) is 2.36. The van der Waals surface area contributed by atoms with Crippen LogP contribution in [0.4, 0.5) is 5.69 Å². The molecule has 0 aliphatic rings. The normalized spacial score (nSPS) is 10.3. The first kappa shape index (κ1) is 14.9. The number of carbonyl (C=O) groups is 1. The molecule has 0 fully saturated rings. The molecule has 0 aliphatic carbocycles. The second-order valence-electron chi connectivity index (χ2n) is 5.35. The van der Waals surface area contributed by atoms with E-state index in [0.717, 1.165) is 28.1 Å². The molecule has 114 valence electrons. The molecule has 0 aliphatic heterocycles. The summed E-state index contributed by atoms with van der Waals surface area (Å²) in [4.78, 5) is 20.2. The van der Waals surface area contributed by atoms with Gasteiger partial charge in [0.1, 0.15) is 0 Å². The third-order valence-electron chi connectivity index (χ3n) is 3.49. The van der Waals surface area contributed by atoms with Crippen LogP contribution in [-0.2, 0) is 11.2 Å². The van der Waals surface area contributed by atoms with Crippen LogP contribution in [0.25, 0.3) is 11.1 Å². The Hall–Kier alpha value is -3.01. The summed E-state index contributed by atoms with van der Waals surface area (Å²) in [5.41, 5.74) is 4.88. The van der Waals surface area contributed by atoms with Crippen molar-refractivity contribution in [1.82, 2.24) is 9.97 Å². The monoisotopic (exact) mass is 303 g/mol. The van der Waals surface area contributed by atoms with Crippen molar-refractivity contribution in [2.24, 2.45) is 0 Å². The van der Waals surface area contributed by atoms with Gasteiger partial charge in [-0.15, -0.1) is 0 Å². The van der Waals surface area contributed by atoms with E-state index in [2.05, 4.69) is 15.3 Å². The van der Waals surface area contributed by atoms with E-state index < -0.39 is 0 Å². The van der Waals surface area contributed by atoms with Crippen LogP contribution >= 0.6 is 0 Å².